The molecule has 0 fully saturated rings. The first-order valence-electron chi connectivity index (χ1n) is 7.97. The van der Waals surface area contributed by atoms with Gasteiger partial charge in [0.2, 0.25) is 0 Å². The number of hydrogen-bond donors (Lipinski definition) is 1. The van der Waals surface area contributed by atoms with Crippen molar-refractivity contribution in [2.24, 2.45) is 0 Å². The number of sulfone groups is 1. The van der Waals surface area contributed by atoms with Crippen LogP contribution in [0.2, 0.25) is 0 Å². The van der Waals surface area contributed by atoms with Gasteiger partial charge in [-0.15, -0.1) is 0 Å². The minimum absolute atomic E-state index is 0.0958. The molecule has 0 spiro atoms. The van der Waals surface area contributed by atoms with Crippen molar-refractivity contribution in [2.75, 3.05) is 19.8 Å². The number of halogens is 3. The molecule has 9 heteroatoms. The molecule has 0 saturated heterocycles. The van der Waals surface area contributed by atoms with E-state index < -0.39 is 28.5 Å². The van der Waals surface area contributed by atoms with Gasteiger partial charge in [0.05, 0.1) is 17.3 Å². The number of carbonyl (C=O) groups is 1. The molecule has 1 N–H and O–H groups in total. The molecule has 2 aromatic carbocycles. The molecule has 27 heavy (non-hydrogen) atoms. The zero-order chi connectivity index (χ0) is 19.9. The van der Waals surface area contributed by atoms with Crippen molar-refractivity contribution in [3.63, 3.8) is 0 Å². The highest BCUT2D eigenvalue weighted by atomic mass is 32.2. The third kappa shape index (κ3) is 7.03. The summed E-state index contributed by atoms with van der Waals surface area (Å²) in [6.07, 6.45) is -4.41. The Kier molecular flexibility index (Phi) is 6.98. The zero-order valence-corrected chi connectivity index (χ0v) is 15.0. The maximum absolute atomic E-state index is 12.4. The summed E-state index contributed by atoms with van der Waals surface area (Å²) in [6.45, 7) is -1.76. The predicted molar refractivity (Wildman–Crippen MR) is 93.0 cm³/mol. The largest absolute Gasteiger partial charge is 0.411 e. The number of nitrogens with one attached hydrogen (secondary N) is 1. The van der Waals surface area contributed by atoms with Crippen LogP contribution < -0.4 is 5.32 Å². The molecule has 1 amide bonds. The first kappa shape index (κ1) is 20.9. The second kappa shape index (κ2) is 9.01. The molecular formula is C18H18F3NO4S. The van der Waals surface area contributed by atoms with E-state index in [1.807, 2.05) is 0 Å². The van der Waals surface area contributed by atoms with Crippen LogP contribution in [-0.4, -0.2) is 40.3 Å². The van der Waals surface area contributed by atoms with Crippen LogP contribution in [0, 0.1) is 0 Å². The van der Waals surface area contributed by atoms with Crippen molar-refractivity contribution in [1.29, 1.82) is 0 Å². The lowest BCUT2D eigenvalue weighted by molar-refractivity contribution is -0.173. The van der Waals surface area contributed by atoms with E-state index in [0.717, 1.165) is 0 Å². The average molecular weight is 401 g/mol. The Balaban J connectivity index is 1.94. The quantitative estimate of drug-likeness (QED) is 0.691. The highest BCUT2D eigenvalue weighted by Crippen LogP contribution is 2.17. The Labute approximate surface area is 155 Å². The summed E-state index contributed by atoms with van der Waals surface area (Å²) >= 11 is 0. The van der Waals surface area contributed by atoms with E-state index in [9.17, 15) is 26.4 Å². The van der Waals surface area contributed by atoms with E-state index in [1.165, 1.54) is 24.3 Å². The summed E-state index contributed by atoms with van der Waals surface area (Å²) in [4.78, 5) is 12.2. The molecule has 5 nitrogen and oxygen atoms in total. The van der Waals surface area contributed by atoms with Gasteiger partial charge in [-0.3, -0.25) is 4.79 Å². The van der Waals surface area contributed by atoms with Crippen LogP contribution in [0.3, 0.4) is 0 Å². The fourth-order valence-corrected chi connectivity index (χ4v) is 3.62. The molecule has 0 bridgehead atoms. The van der Waals surface area contributed by atoms with Gasteiger partial charge in [0.25, 0.3) is 5.91 Å². The summed E-state index contributed by atoms with van der Waals surface area (Å²) in [5.41, 5.74) is 0.645. The van der Waals surface area contributed by atoms with Crippen molar-refractivity contribution in [3.05, 3.63) is 65.7 Å². The third-order valence-corrected chi connectivity index (χ3v) is 5.15. The number of amides is 1. The number of carbonyl (C=O) groups excluding carboxylic acids is 1. The van der Waals surface area contributed by atoms with E-state index in [2.05, 4.69) is 10.1 Å². The van der Waals surface area contributed by atoms with Gasteiger partial charge in [-0.25, -0.2) is 8.42 Å². The maximum atomic E-state index is 12.4. The van der Waals surface area contributed by atoms with E-state index in [-0.39, 0.29) is 29.4 Å². The topological polar surface area (TPSA) is 72.5 Å². The van der Waals surface area contributed by atoms with Crippen molar-refractivity contribution in [3.8, 4) is 0 Å². The van der Waals surface area contributed by atoms with Gasteiger partial charge < -0.3 is 10.1 Å². The lowest BCUT2D eigenvalue weighted by Gasteiger charge is -2.09. The Bertz CT molecular complexity index is 868. The third-order valence-electron chi connectivity index (χ3n) is 3.45. The molecule has 2 rings (SSSR count). The van der Waals surface area contributed by atoms with Gasteiger partial charge in [0.1, 0.15) is 6.61 Å². The standard InChI is InChI=1S/C18H18F3NO4S/c19-18(20,21)13-26-10-9-22-17(23)15-6-4-5-14(11-15)12-27(24,25)16-7-2-1-3-8-16/h1-8,11H,9-10,12-13H2,(H,22,23). The summed E-state index contributed by atoms with van der Waals surface area (Å²) in [6, 6.07) is 14.0. The Morgan fingerprint density at radius 2 is 1.74 bits per heavy atom. The first-order chi connectivity index (χ1) is 12.7. The minimum atomic E-state index is -4.41. The van der Waals surface area contributed by atoms with E-state index in [0.29, 0.717) is 5.56 Å². The summed E-state index contributed by atoms with van der Waals surface area (Å²) in [5.74, 6) is -0.795. The van der Waals surface area contributed by atoms with Crippen LogP contribution in [0.25, 0.3) is 0 Å². The highest BCUT2D eigenvalue weighted by Gasteiger charge is 2.27. The Morgan fingerprint density at radius 3 is 2.41 bits per heavy atom. The van der Waals surface area contributed by atoms with Crippen molar-refractivity contribution >= 4 is 15.7 Å². The average Bonchev–Trinajstić information content (AvgIpc) is 2.61. The molecule has 0 aromatic heterocycles. The van der Waals surface area contributed by atoms with Crippen molar-refractivity contribution < 1.29 is 31.1 Å². The van der Waals surface area contributed by atoms with E-state index in [4.69, 9.17) is 0 Å². The molecule has 0 unspecified atom stereocenters. The normalized spacial score (nSPS) is 12.0. The summed E-state index contributed by atoms with van der Waals surface area (Å²) in [7, 11) is -3.55. The van der Waals surface area contributed by atoms with Crippen molar-refractivity contribution in [2.45, 2.75) is 16.8 Å². The fraction of sp³-hybridized carbons (Fsp3) is 0.278. The van der Waals surface area contributed by atoms with Crippen LogP contribution in [0.5, 0.6) is 0 Å². The summed E-state index contributed by atoms with van der Waals surface area (Å²) < 4.78 is 65.0. The van der Waals surface area contributed by atoms with Crippen LogP contribution in [0.15, 0.2) is 59.5 Å². The SMILES string of the molecule is O=C(NCCOCC(F)(F)F)c1cccc(CS(=O)(=O)c2ccccc2)c1. The lowest BCUT2D eigenvalue weighted by atomic mass is 10.1. The number of alkyl halides is 3. The lowest BCUT2D eigenvalue weighted by Crippen LogP contribution is -2.29. The highest BCUT2D eigenvalue weighted by molar-refractivity contribution is 7.90. The van der Waals surface area contributed by atoms with Gasteiger partial charge >= 0.3 is 6.18 Å². The maximum Gasteiger partial charge on any atom is 0.411 e. The first-order valence-corrected chi connectivity index (χ1v) is 9.62. The molecule has 0 saturated carbocycles. The van der Waals surface area contributed by atoms with Crippen molar-refractivity contribution in [1.82, 2.24) is 5.32 Å². The van der Waals surface area contributed by atoms with E-state index in [1.54, 1.807) is 30.3 Å². The Hall–Kier alpha value is -2.39. The molecule has 0 heterocycles. The molecule has 2 aromatic rings. The van der Waals surface area contributed by atoms with Gasteiger partial charge in [0, 0.05) is 12.1 Å². The molecular weight excluding hydrogens is 383 g/mol. The smallest absolute Gasteiger partial charge is 0.370 e. The molecule has 0 aliphatic carbocycles. The van der Waals surface area contributed by atoms with Gasteiger partial charge in [-0.2, -0.15) is 13.2 Å². The zero-order valence-electron chi connectivity index (χ0n) is 14.2. The predicted octanol–water partition coefficient (Wildman–Crippen LogP) is 2.97. The van der Waals surface area contributed by atoms with Gasteiger partial charge in [-0.1, -0.05) is 30.3 Å². The van der Waals surface area contributed by atoms with Gasteiger partial charge in [-0.05, 0) is 29.8 Å². The van der Waals surface area contributed by atoms with Gasteiger partial charge in [0.15, 0.2) is 9.84 Å². The number of ether oxygens (including phenoxy) is 1. The monoisotopic (exact) mass is 401 g/mol. The number of rotatable bonds is 8. The molecule has 0 atom stereocenters. The van der Waals surface area contributed by atoms with Crippen LogP contribution >= 0.6 is 0 Å². The molecule has 0 aliphatic heterocycles. The Morgan fingerprint density at radius 1 is 1.04 bits per heavy atom. The molecule has 146 valence electrons. The van der Waals surface area contributed by atoms with Crippen LogP contribution in [0.4, 0.5) is 13.2 Å². The van der Waals surface area contributed by atoms with E-state index >= 15 is 0 Å². The number of benzene rings is 2. The molecule has 0 radical (unpaired) electrons. The number of hydrogen-bond acceptors (Lipinski definition) is 4. The second-order valence-electron chi connectivity index (χ2n) is 5.70. The van der Waals surface area contributed by atoms with Crippen LogP contribution in [-0.2, 0) is 20.3 Å². The molecule has 0 aliphatic rings. The summed E-state index contributed by atoms with van der Waals surface area (Å²) in [5, 5.41) is 2.43. The minimum Gasteiger partial charge on any atom is -0.370 e. The fourth-order valence-electron chi connectivity index (χ4n) is 2.26. The van der Waals surface area contributed by atoms with Crippen LogP contribution in [0.1, 0.15) is 15.9 Å². The second-order valence-corrected chi connectivity index (χ2v) is 7.69.